The Bertz CT molecular complexity index is 3670. The van der Waals surface area contributed by atoms with Gasteiger partial charge in [0.1, 0.15) is 0 Å². The van der Waals surface area contributed by atoms with Crippen molar-refractivity contribution < 1.29 is 28.8 Å². The van der Waals surface area contributed by atoms with Crippen LogP contribution in [0.1, 0.15) is 95.2 Å². The third kappa shape index (κ3) is 15.1. The maximum atomic E-state index is 12.9. The van der Waals surface area contributed by atoms with Crippen molar-refractivity contribution in [1.82, 2.24) is 19.8 Å². The second-order valence-electron chi connectivity index (χ2n) is 19.6. The number of halogens is 2. The van der Waals surface area contributed by atoms with Gasteiger partial charge in [-0.1, -0.05) is 180 Å². The molecule has 8 aromatic carbocycles. The van der Waals surface area contributed by atoms with Crippen LogP contribution in [0.15, 0.2) is 222 Å². The molecule has 0 saturated carbocycles. The second kappa shape index (κ2) is 27.0. The lowest BCUT2D eigenvalue weighted by Crippen LogP contribution is -2.26. The molecule has 2 amide bonds. The summed E-state index contributed by atoms with van der Waals surface area (Å²) in [5, 5.41) is 8.33. The molecule has 10 nitrogen and oxygen atoms in total. The Morgan fingerprint density at radius 2 is 0.859 bits per heavy atom. The van der Waals surface area contributed by atoms with Gasteiger partial charge in [-0.25, -0.2) is 0 Å². The molecule has 12 heteroatoms. The van der Waals surface area contributed by atoms with E-state index in [1.165, 1.54) is 38.9 Å². The number of benzene rings is 8. The fraction of sp³-hybridized carbons (Fsp3) is 0.152. The summed E-state index contributed by atoms with van der Waals surface area (Å²) in [4.78, 5) is 58.3. The molecule has 10 rings (SSSR count). The highest BCUT2D eigenvalue weighted by Gasteiger charge is 2.19. The number of nitrogens with zero attached hydrogens (tertiary/aromatic N) is 2. The molecule has 78 heavy (non-hydrogen) atoms. The first kappa shape index (κ1) is 57.2. The number of carbonyl (C=O) groups is 2. The monoisotopic (exact) mass is 1160 g/mol. The van der Waals surface area contributed by atoms with Gasteiger partial charge in [0.15, 0.2) is 0 Å². The molecule has 2 atom stereocenters. The lowest BCUT2D eigenvalue weighted by Gasteiger charge is -2.23. The molecule has 2 N–H and O–H groups in total. The number of hydrogen-bond acceptors (Lipinski definition) is 6. The summed E-state index contributed by atoms with van der Waals surface area (Å²) >= 11 is 6.91. The van der Waals surface area contributed by atoms with Gasteiger partial charge in [-0.3, -0.25) is 9.59 Å². The van der Waals surface area contributed by atoms with Crippen LogP contribution < -0.4 is 10.6 Å². The SMILES string of the molecule is C[C@H](NC(=O)c1ccc2c(ccn2Cc2ccc(-c3ccccc3)cc2)c1)c1ccc(Br)cc1.C[C@H](NC(=O)c1ccc2c(ccn2Cc2ccc(-c3ccccc3C(C)(C)C)cc2)c1)c1ccc(Br)cc1.O=C=O.O=C=O. The Morgan fingerprint density at radius 3 is 1.28 bits per heavy atom. The number of nitrogens with one attached hydrogen (secondary N) is 2. The Hall–Kier alpha value is -8.50. The molecular weight excluding hydrogens is 1100 g/mol. The van der Waals surface area contributed by atoms with Gasteiger partial charge in [0.2, 0.25) is 0 Å². The molecular formula is C66H58Br2N4O6. The van der Waals surface area contributed by atoms with E-state index in [1.807, 2.05) is 105 Å². The topological polar surface area (TPSA) is 136 Å². The summed E-state index contributed by atoms with van der Waals surface area (Å²) in [7, 11) is 0. The first-order chi connectivity index (χ1) is 37.6. The van der Waals surface area contributed by atoms with Gasteiger partial charge >= 0.3 is 12.3 Å². The van der Waals surface area contributed by atoms with Gasteiger partial charge in [-0.05, 0) is 142 Å². The van der Waals surface area contributed by atoms with Crippen LogP contribution in [0.4, 0.5) is 0 Å². The van der Waals surface area contributed by atoms with Crippen LogP contribution in [0.3, 0.4) is 0 Å². The molecule has 392 valence electrons. The zero-order valence-corrected chi connectivity index (χ0v) is 47.0. The summed E-state index contributed by atoms with van der Waals surface area (Å²) in [6.45, 7) is 12.3. The van der Waals surface area contributed by atoms with Crippen LogP contribution in [-0.2, 0) is 37.7 Å². The Morgan fingerprint density at radius 1 is 0.474 bits per heavy atom. The van der Waals surface area contributed by atoms with Gasteiger partial charge in [-0.2, -0.15) is 19.2 Å². The van der Waals surface area contributed by atoms with Crippen molar-refractivity contribution >= 4 is 77.8 Å². The number of aromatic nitrogens is 2. The van der Waals surface area contributed by atoms with E-state index in [0.717, 1.165) is 55.0 Å². The summed E-state index contributed by atoms with van der Waals surface area (Å²) in [5.41, 5.74) is 14.6. The second-order valence-corrected chi connectivity index (χ2v) is 21.5. The standard InChI is InChI=1S/C34H33BrN2O.C30H25BrN2O.2CO2/c1-23(25-13-16-29(35)17-14-25)36-33(38)28-15-18-32-27(21-28)19-20-37(32)22-24-9-11-26(12-10-24)30-7-5-6-8-31(30)34(2,3)4;1-21(23-11-14-28(31)15-12-23)32-30(34)27-13-16-29-26(19-27)17-18-33(29)20-22-7-9-25(10-8-22)24-5-3-2-4-6-24;2*2-1-3/h5-21,23H,22H2,1-4H3,(H,36,38);2-19,21H,20H2,1H3,(H,32,34);;/t23-;21-;;/m00../s1. The number of rotatable bonds is 12. The summed E-state index contributed by atoms with van der Waals surface area (Å²) in [6, 6.07) is 68.5. The van der Waals surface area contributed by atoms with Crippen molar-refractivity contribution in [1.29, 1.82) is 0 Å². The highest BCUT2D eigenvalue weighted by atomic mass is 79.9. The molecule has 0 aliphatic carbocycles. The van der Waals surface area contributed by atoms with Crippen LogP contribution in [0, 0.1) is 0 Å². The minimum Gasteiger partial charge on any atom is -0.346 e. The molecule has 0 spiro atoms. The van der Waals surface area contributed by atoms with Crippen molar-refractivity contribution in [3.05, 3.63) is 260 Å². The van der Waals surface area contributed by atoms with Crippen LogP contribution in [0.5, 0.6) is 0 Å². The van der Waals surface area contributed by atoms with Crippen LogP contribution >= 0.6 is 31.9 Å². The first-order valence-corrected chi connectivity index (χ1v) is 26.8. The van der Waals surface area contributed by atoms with Gasteiger partial charge in [-0.15, -0.1) is 0 Å². The fourth-order valence-electron chi connectivity index (χ4n) is 9.19. The molecule has 10 aromatic rings. The Balaban J connectivity index is 0.000000207. The molecule has 2 aromatic heterocycles. The van der Waals surface area contributed by atoms with E-state index in [0.29, 0.717) is 11.1 Å². The first-order valence-electron chi connectivity index (χ1n) is 25.2. The maximum absolute atomic E-state index is 12.9. The van der Waals surface area contributed by atoms with Crippen LogP contribution in [-0.4, -0.2) is 33.3 Å². The van der Waals surface area contributed by atoms with Crippen molar-refractivity contribution in [2.75, 3.05) is 0 Å². The molecule has 2 heterocycles. The summed E-state index contributed by atoms with van der Waals surface area (Å²) in [5.74, 6) is -0.136. The molecule has 0 saturated heterocycles. The lowest BCUT2D eigenvalue weighted by molar-refractivity contribution is -0.193. The molecule has 0 fully saturated rings. The number of hydrogen-bond donors (Lipinski definition) is 2. The summed E-state index contributed by atoms with van der Waals surface area (Å²) in [6.07, 6.45) is 4.68. The van der Waals surface area contributed by atoms with Crippen LogP contribution in [0.2, 0.25) is 0 Å². The van der Waals surface area contributed by atoms with Gasteiger partial charge < -0.3 is 19.8 Å². The van der Waals surface area contributed by atoms with Crippen molar-refractivity contribution in [3.8, 4) is 22.3 Å². The number of carbonyl (C=O) groups excluding carboxylic acids is 6. The maximum Gasteiger partial charge on any atom is 0.373 e. The third-order valence-corrected chi connectivity index (χ3v) is 14.3. The Labute approximate surface area is 471 Å². The van der Waals surface area contributed by atoms with E-state index in [2.05, 4.69) is 194 Å². The molecule has 0 aliphatic heterocycles. The zero-order chi connectivity index (χ0) is 55.8. The predicted molar refractivity (Wildman–Crippen MR) is 315 cm³/mol. The minimum atomic E-state index is -0.0748. The average Bonchev–Trinajstić information content (AvgIpc) is 4.06. The highest BCUT2D eigenvalue weighted by Crippen LogP contribution is 2.33. The van der Waals surface area contributed by atoms with Crippen molar-refractivity contribution in [2.45, 2.75) is 65.2 Å². The normalized spacial score (nSPS) is 11.5. The lowest BCUT2D eigenvalue weighted by atomic mass is 9.82. The van der Waals surface area contributed by atoms with E-state index in [-0.39, 0.29) is 41.6 Å². The quantitative estimate of drug-likeness (QED) is 0.125. The van der Waals surface area contributed by atoms with Gasteiger partial charge in [0.25, 0.3) is 11.8 Å². The zero-order valence-electron chi connectivity index (χ0n) is 43.9. The van der Waals surface area contributed by atoms with Crippen molar-refractivity contribution in [3.63, 3.8) is 0 Å². The van der Waals surface area contributed by atoms with Gasteiger partial charge in [0.05, 0.1) is 12.1 Å². The minimum absolute atomic E-state index is 0.0680. The highest BCUT2D eigenvalue weighted by molar-refractivity contribution is 9.10. The van der Waals surface area contributed by atoms with Crippen molar-refractivity contribution in [2.24, 2.45) is 0 Å². The van der Waals surface area contributed by atoms with E-state index < -0.39 is 0 Å². The molecule has 0 unspecified atom stereocenters. The van der Waals surface area contributed by atoms with Gasteiger partial charge in [0, 0.05) is 67.4 Å². The largest absolute Gasteiger partial charge is 0.373 e. The molecule has 0 radical (unpaired) electrons. The van der Waals surface area contributed by atoms with E-state index in [1.54, 1.807) is 0 Å². The fourth-order valence-corrected chi connectivity index (χ4v) is 9.72. The van der Waals surface area contributed by atoms with E-state index >= 15 is 0 Å². The van der Waals surface area contributed by atoms with E-state index in [4.69, 9.17) is 19.2 Å². The number of amides is 2. The molecule has 0 aliphatic rings. The predicted octanol–water partition coefficient (Wildman–Crippen LogP) is 15.4. The third-order valence-electron chi connectivity index (χ3n) is 13.3. The Kier molecular flexibility index (Phi) is 19.8. The number of fused-ring (bicyclic) bond motifs is 2. The van der Waals surface area contributed by atoms with Crippen LogP contribution in [0.25, 0.3) is 44.1 Å². The smallest absolute Gasteiger partial charge is 0.346 e. The van der Waals surface area contributed by atoms with E-state index in [9.17, 15) is 9.59 Å². The molecule has 0 bridgehead atoms. The summed E-state index contributed by atoms with van der Waals surface area (Å²) < 4.78 is 6.51. The average molecular weight is 1160 g/mol.